The Kier molecular flexibility index (Phi) is 7.26. The van der Waals surface area contributed by atoms with Gasteiger partial charge in [-0.15, -0.1) is 0 Å². The zero-order valence-corrected chi connectivity index (χ0v) is 19.4. The lowest BCUT2D eigenvalue weighted by Crippen LogP contribution is -2.52. The highest BCUT2D eigenvalue weighted by molar-refractivity contribution is 5.78. The third kappa shape index (κ3) is 5.64. The van der Waals surface area contributed by atoms with E-state index in [1.165, 1.54) is 32.2 Å². The molecule has 3 rings (SSSR count). The number of rotatable bonds is 7. The van der Waals surface area contributed by atoms with Crippen LogP contribution in [0.15, 0.2) is 59.5 Å². The Hall–Kier alpha value is -3.40. The van der Waals surface area contributed by atoms with Crippen molar-refractivity contribution in [2.24, 2.45) is 0 Å². The molecule has 3 aromatic rings. The SMILES string of the molecule is CCOC(=O)Oc1ccc(F)cc1C(C)(C)CC(O)(Cn1ccc(=O)c2ccccc21)C(F)(F)F. The van der Waals surface area contributed by atoms with Crippen molar-refractivity contribution in [3.63, 3.8) is 0 Å². The summed E-state index contributed by atoms with van der Waals surface area (Å²) < 4.78 is 68.0. The van der Waals surface area contributed by atoms with Crippen LogP contribution in [0, 0.1) is 5.82 Å². The number of aromatic nitrogens is 1. The number of halogens is 4. The van der Waals surface area contributed by atoms with Crippen LogP contribution >= 0.6 is 0 Å². The van der Waals surface area contributed by atoms with E-state index in [1.54, 1.807) is 19.1 Å². The molecule has 0 saturated heterocycles. The van der Waals surface area contributed by atoms with Gasteiger partial charge in [-0.1, -0.05) is 26.0 Å². The molecule has 0 amide bonds. The molecule has 2 aromatic carbocycles. The molecule has 188 valence electrons. The first-order valence-corrected chi connectivity index (χ1v) is 10.8. The molecule has 0 bridgehead atoms. The summed E-state index contributed by atoms with van der Waals surface area (Å²) in [4.78, 5) is 23.9. The normalized spacial score (nSPS) is 13.9. The first-order valence-electron chi connectivity index (χ1n) is 10.8. The summed E-state index contributed by atoms with van der Waals surface area (Å²) in [5, 5.41) is 11.2. The molecule has 0 fully saturated rings. The van der Waals surface area contributed by atoms with E-state index in [-0.39, 0.29) is 34.3 Å². The lowest BCUT2D eigenvalue weighted by atomic mass is 9.74. The van der Waals surface area contributed by atoms with E-state index in [0.717, 1.165) is 28.8 Å². The molecule has 1 N–H and O–H groups in total. The molecule has 0 radical (unpaired) electrons. The topological polar surface area (TPSA) is 77.8 Å². The minimum atomic E-state index is -5.09. The van der Waals surface area contributed by atoms with Crippen LogP contribution in [-0.2, 0) is 16.7 Å². The van der Waals surface area contributed by atoms with E-state index < -0.39 is 42.1 Å². The van der Waals surface area contributed by atoms with E-state index in [0.29, 0.717) is 0 Å². The van der Waals surface area contributed by atoms with Crippen molar-refractivity contribution < 1.29 is 36.9 Å². The average Bonchev–Trinajstić information content (AvgIpc) is 2.76. The monoisotopic (exact) mass is 495 g/mol. The molecule has 0 spiro atoms. The number of hydrogen-bond acceptors (Lipinski definition) is 5. The molecule has 35 heavy (non-hydrogen) atoms. The van der Waals surface area contributed by atoms with Gasteiger partial charge in [0.1, 0.15) is 11.6 Å². The van der Waals surface area contributed by atoms with Gasteiger partial charge < -0.3 is 19.1 Å². The van der Waals surface area contributed by atoms with Gasteiger partial charge in [-0.3, -0.25) is 4.79 Å². The molecule has 6 nitrogen and oxygen atoms in total. The third-order valence-electron chi connectivity index (χ3n) is 5.70. The van der Waals surface area contributed by atoms with E-state index in [4.69, 9.17) is 9.47 Å². The number of ether oxygens (including phenoxy) is 2. The van der Waals surface area contributed by atoms with Gasteiger partial charge in [-0.2, -0.15) is 13.2 Å². The number of pyridine rings is 1. The molecular weight excluding hydrogens is 470 g/mol. The summed E-state index contributed by atoms with van der Waals surface area (Å²) in [5.41, 5.74) is -5.02. The molecule has 1 aromatic heterocycles. The number of carbonyl (C=O) groups is 1. The van der Waals surface area contributed by atoms with Gasteiger partial charge in [0.15, 0.2) is 11.0 Å². The Morgan fingerprint density at radius 3 is 2.43 bits per heavy atom. The molecule has 0 saturated carbocycles. The fourth-order valence-corrected chi connectivity index (χ4v) is 4.11. The van der Waals surface area contributed by atoms with Gasteiger partial charge in [-0.05, 0) is 49.1 Å². The van der Waals surface area contributed by atoms with Crippen LogP contribution in [0.5, 0.6) is 5.75 Å². The Morgan fingerprint density at radius 1 is 1.09 bits per heavy atom. The number of para-hydroxylation sites is 1. The van der Waals surface area contributed by atoms with Crippen molar-refractivity contribution in [3.05, 3.63) is 76.3 Å². The van der Waals surface area contributed by atoms with E-state index in [2.05, 4.69) is 0 Å². The number of aliphatic hydroxyl groups is 1. The third-order valence-corrected chi connectivity index (χ3v) is 5.70. The Morgan fingerprint density at radius 2 is 1.77 bits per heavy atom. The first-order chi connectivity index (χ1) is 16.3. The Balaban J connectivity index is 2.05. The average molecular weight is 495 g/mol. The molecule has 1 unspecified atom stereocenters. The summed E-state index contributed by atoms with van der Waals surface area (Å²) in [5.74, 6) is -0.945. The number of benzene rings is 2. The minimum Gasteiger partial charge on any atom is -0.434 e. The zero-order chi connectivity index (χ0) is 26.0. The van der Waals surface area contributed by atoms with Crippen molar-refractivity contribution in [1.29, 1.82) is 0 Å². The predicted octanol–water partition coefficient (Wildman–Crippen LogP) is 5.34. The number of fused-ring (bicyclic) bond motifs is 1. The van der Waals surface area contributed by atoms with Crippen LogP contribution in [0.4, 0.5) is 22.4 Å². The van der Waals surface area contributed by atoms with Gasteiger partial charge in [-0.25, -0.2) is 9.18 Å². The molecule has 1 atom stereocenters. The summed E-state index contributed by atoms with van der Waals surface area (Å²) in [7, 11) is 0. The van der Waals surface area contributed by atoms with E-state index in [1.807, 2.05) is 0 Å². The lowest BCUT2D eigenvalue weighted by molar-refractivity contribution is -0.271. The van der Waals surface area contributed by atoms with Crippen LogP contribution in [-0.4, -0.2) is 34.2 Å². The number of alkyl halides is 3. The van der Waals surface area contributed by atoms with Gasteiger partial charge in [0.05, 0.1) is 18.7 Å². The van der Waals surface area contributed by atoms with E-state index in [9.17, 15) is 32.3 Å². The van der Waals surface area contributed by atoms with Crippen LogP contribution in [0.1, 0.15) is 32.8 Å². The second kappa shape index (κ2) is 9.69. The molecule has 0 aliphatic carbocycles. The van der Waals surface area contributed by atoms with Crippen LogP contribution in [0.3, 0.4) is 0 Å². The van der Waals surface area contributed by atoms with Gasteiger partial charge in [0.25, 0.3) is 0 Å². The molecule has 1 heterocycles. The largest absolute Gasteiger partial charge is 0.513 e. The molecular formula is C25H25F4NO5. The van der Waals surface area contributed by atoms with Crippen LogP contribution < -0.4 is 10.2 Å². The summed E-state index contributed by atoms with van der Waals surface area (Å²) in [6.07, 6.45) is -5.91. The van der Waals surface area contributed by atoms with Crippen molar-refractivity contribution in [2.75, 3.05) is 6.61 Å². The maximum atomic E-state index is 14.3. The smallest absolute Gasteiger partial charge is 0.434 e. The first kappa shape index (κ1) is 26.2. The van der Waals surface area contributed by atoms with Gasteiger partial charge >= 0.3 is 12.3 Å². The Labute approximate surface area is 198 Å². The van der Waals surface area contributed by atoms with Crippen molar-refractivity contribution >= 4 is 17.1 Å². The highest BCUT2D eigenvalue weighted by atomic mass is 19.4. The summed E-state index contributed by atoms with van der Waals surface area (Å²) in [6, 6.07) is 10.3. The maximum absolute atomic E-state index is 14.3. The Bertz CT molecular complexity index is 1280. The fraction of sp³-hybridized carbons (Fsp3) is 0.360. The van der Waals surface area contributed by atoms with Gasteiger partial charge in [0, 0.05) is 23.2 Å². The maximum Gasteiger partial charge on any atom is 0.513 e. The molecule has 10 heteroatoms. The zero-order valence-electron chi connectivity index (χ0n) is 19.4. The second-order valence-electron chi connectivity index (χ2n) is 8.84. The summed E-state index contributed by atoms with van der Waals surface area (Å²) in [6.45, 7) is 3.37. The minimum absolute atomic E-state index is 0.0000908. The van der Waals surface area contributed by atoms with Crippen molar-refractivity contribution in [1.82, 2.24) is 4.57 Å². The van der Waals surface area contributed by atoms with Crippen LogP contribution in [0.25, 0.3) is 10.9 Å². The van der Waals surface area contributed by atoms with Crippen LogP contribution in [0.2, 0.25) is 0 Å². The van der Waals surface area contributed by atoms with Crippen molar-refractivity contribution in [3.8, 4) is 5.75 Å². The van der Waals surface area contributed by atoms with Gasteiger partial charge in [0.2, 0.25) is 0 Å². The standard InChI is InChI=1S/C25H25F4NO5/c1-4-34-22(32)35-21-10-9-16(26)13-18(21)23(2,3)14-24(33,25(27,28)29)15-30-12-11-20(31)17-7-5-6-8-19(17)30/h5-13,33H,4,14-15H2,1-3H3. The van der Waals surface area contributed by atoms with E-state index >= 15 is 0 Å². The lowest BCUT2D eigenvalue weighted by Gasteiger charge is -2.39. The molecule has 0 aliphatic rings. The number of nitrogens with zero attached hydrogens (tertiary/aromatic N) is 1. The summed E-state index contributed by atoms with van der Waals surface area (Å²) >= 11 is 0. The number of carbonyl (C=O) groups excluding carboxylic acids is 1. The predicted molar refractivity (Wildman–Crippen MR) is 121 cm³/mol. The fourth-order valence-electron chi connectivity index (χ4n) is 4.11. The highest BCUT2D eigenvalue weighted by Crippen LogP contribution is 2.44. The second-order valence-corrected chi connectivity index (χ2v) is 8.84. The quantitative estimate of drug-likeness (QED) is 0.272. The number of hydrogen-bond donors (Lipinski definition) is 1. The van der Waals surface area contributed by atoms with Crippen molar-refractivity contribution in [2.45, 2.75) is 50.9 Å². The highest BCUT2D eigenvalue weighted by Gasteiger charge is 2.56. The molecule has 0 aliphatic heterocycles.